The summed E-state index contributed by atoms with van der Waals surface area (Å²) in [4.78, 5) is 14.9. The molecular formula is C18H24N2O. The lowest BCUT2D eigenvalue weighted by atomic mass is 10.0. The van der Waals surface area contributed by atoms with E-state index in [1.54, 1.807) is 0 Å². The highest BCUT2D eigenvalue weighted by atomic mass is 16.2. The van der Waals surface area contributed by atoms with Crippen molar-refractivity contribution in [2.24, 2.45) is 5.73 Å². The Morgan fingerprint density at radius 2 is 2.10 bits per heavy atom. The van der Waals surface area contributed by atoms with Crippen molar-refractivity contribution in [2.75, 3.05) is 13.1 Å². The minimum atomic E-state index is 0.103. The van der Waals surface area contributed by atoms with Crippen LogP contribution in [0.25, 0.3) is 0 Å². The monoisotopic (exact) mass is 284 g/mol. The molecule has 1 saturated carbocycles. The van der Waals surface area contributed by atoms with Crippen LogP contribution >= 0.6 is 0 Å². The van der Waals surface area contributed by atoms with Crippen LogP contribution in [0, 0.1) is 18.8 Å². The molecule has 1 aliphatic carbocycles. The molecule has 112 valence electrons. The van der Waals surface area contributed by atoms with E-state index in [2.05, 4.69) is 18.8 Å². The Morgan fingerprint density at radius 1 is 1.38 bits per heavy atom. The fraction of sp³-hybridized carbons (Fsp3) is 0.500. The highest BCUT2D eigenvalue weighted by Gasteiger charge is 2.27. The molecule has 0 aromatic heterocycles. The first-order valence-corrected chi connectivity index (χ1v) is 7.78. The molecule has 2 N–H and O–H groups in total. The number of nitrogens with two attached hydrogens (primary N) is 1. The summed E-state index contributed by atoms with van der Waals surface area (Å²) in [5.74, 6) is 6.00. The average molecular weight is 284 g/mol. The molecule has 1 aromatic rings. The van der Waals surface area contributed by atoms with Crippen molar-refractivity contribution in [3.05, 3.63) is 34.9 Å². The first-order chi connectivity index (χ1) is 10.2. The van der Waals surface area contributed by atoms with E-state index in [4.69, 9.17) is 5.73 Å². The lowest BCUT2D eigenvalue weighted by Crippen LogP contribution is -2.39. The van der Waals surface area contributed by atoms with Gasteiger partial charge in [-0.2, -0.15) is 0 Å². The zero-order valence-corrected chi connectivity index (χ0v) is 13.0. The molecule has 21 heavy (non-hydrogen) atoms. The van der Waals surface area contributed by atoms with Crippen molar-refractivity contribution in [3.8, 4) is 11.8 Å². The molecule has 0 radical (unpaired) electrons. The van der Waals surface area contributed by atoms with E-state index >= 15 is 0 Å². The maximum absolute atomic E-state index is 12.9. The molecule has 0 aliphatic heterocycles. The zero-order chi connectivity index (χ0) is 15.2. The van der Waals surface area contributed by atoms with Gasteiger partial charge in [-0.05, 0) is 44.4 Å². The van der Waals surface area contributed by atoms with Gasteiger partial charge in [-0.1, -0.05) is 30.7 Å². The molecule has 0 spiro atoms. The van der Waals surface area contributed by atoms with E-state index in [-0.39, 0.29) is 5.91 Å². The van der Waals surface area contributed by atoms with Gasteiger partial charge in [-0.25, -0.2) is 0 Å². The number of hydrogen-bond donors (Lipinski definition) is 1. The maximum atomic E-state index is 12.9. The van der Waals surface area contributed by atoms with Gasteiger partial charge < -0.3 is 10.6 Å². The second-order valence-electron chi connectivity index (χ2n) is 5.58. The van der Waals surface area contributed by atoms with Crippen LogP contribution in [0.1, 0.15) is 54.1 Å². The Bertz CT molecular complexity index is 562. The van der Waals surface area contributed by atoms with Crippen LogP contribution in [0.15, 0.2) is 18.2 Å². The van der Waals surface area contributed by atoms with Crippen molar-refractivity contribution >= 4 is 5.91 Å². The summed E-state index contributed by atoms with van der Waals surface area (Å²) >= 11 is 0. The molecule has 1 amide bonds. The first-order valence-electron chi connectivity index (χ1n) is 7.78. The Balaban J connectivity index is 2.32. The van der Waals surface area contributed by atoms with E-state index in [1.807, 2.05) is 30.0 Å². The van der Waals surface area contributed by atoms with Crippen molar-refractivity contribution in [2.45, 2.75) is 45.6 Å². The fourth-order valence-corrected chi connectivity index (χ4v) is 3.03. The number of amides is 1. The van der Waals surface area contributed by atoms with Crippen LogP contribution in [0.3, 0.4) is 0 Å². The molecule has 1 fully saturated rings. The minimum absolute atomic E-state index is 0.103. The Kier molecular flexibility index (Phi) is 5.41. The van der Waals surface area contributed by atoms with E-state index in [0.29, 0.717) is 18.2 Å². The normalized spacial score (nSPS) is 14.6. The number of hydrogen-bond acceptors (Lipinski definition) is 2. The molecule has 0 atom stereocenters. The molecule has 3 heteroatoms. The van der Waals surface area contributed by atoms with Gasteiger partial charge in [0, 0.05) is 18.2 Å². The van der Waals surface area contributed by atoms with E-state index in [0.717, 1.165) is 30.5 Å². The van der Waals surface area contributed by atoms with Crippen LogP contribution in [0.5, 0.6) is 0 Å². The number of benzene rings is 1. The molecular weight excluding hydrogens is 260 g/mol. The molecule has 0 heterocycles. The second kappa shape index (κ2) is 7.28. The lowest BCUT2D eigenvalue weighted by Gasteiger charge is -2.28. The first kappa shape index (κ1) is 15.6. The van der Waals surface area contributed by atoms with Crippen LogP contribution < -0.4 is 5.73 Å². The quantitative estimate of drug-likeness (QED) is 0.868. The predicted octanol–water partition coefficient (Wildman–Crippen LogP) is 2.71. The van der Waals surface area contributed by atoms with Gasteiger partial charge in [-0.15, -0.1) is 0 Å². The molecule has 0 bridgehead atoms. The number of carbonyl (C=O) groups excluding carboxylic acids is 1. The third-order valence-electron chi connectivity index (χ3n) is 4.10. The maximum Gasteiger partial charge on any atom is 0.255 e. The molecule has 0 saturated heterocycles. The highest BCUT2D eigenvalue weighted by Crippen LogP contribution is 2.25. The van der Waals surface area contributed by atoms with E-state index < -0.39 is 0 Å². The van der Waals surface area contributed by atoms with Crippen LogP contribution in [-0.2, 0) is 0 Å². The van der Waals surface area contributed by atoms with Crippen molar-refractivity contribution < 1.29 is 4.79 Å². The Labute approximate surface area is 127 Å². The van der Waals surface area contributed by atoms with Crippen LogP contribution in [-0.4, -0.2) is 29.9 Å². The van der Waals surface area contributed by atoms with Gasteiger partial charge in [0.1, 0.15) is 0 Å². The number of aryl methyl sites for hydroxylation is 1. The Morgan fingerprint density at radius 3 is 2.71 bits per heavy atom. The van der Waals surface area contributed by atoms with Crippen LogP contribution in [0.4, 0.5) is 0 Å². The number of rotatable bonds is 3. The van der Waals surface area contributed by atoms with Crippen LogP contribution in [0.2, 0.25) is 0 Å². The molecule has 0 unspecified atom stereocenters. The number of carbonyl (C=O) groups is 1. The molecule has 3 nitrogen and oxygen atoms in total. The van der Waals surface area contributed by atoms with E-state index in [9.17, 15) is 4.79 Å². The van der Waals surface area contributed by atoms with E-state index in [1.165, 1.54) is 12.8 Å². The van der Waals surface area contributed by atoms with Gasteiger partial charge in [0.2, 0.25) is 0 Å². The standard InChI is InChI=1S/C18H24N2O/c1-3-20(16-8-4-5-9-16)18(21)17-11-10-14(2)13-15(17)7-6-12-19/h10-11,13,16H,3-5,8-9,12,19H2,1-2H3. The Hall–Kier alpha value is -1.79. The molecule has 1 aliphatic rings. The topological polar surface area (TPSA) is 46.3 Å². The molecule has 2 rings (SSSR count). The summed E-state index contributed by atoms with van der Waals surface area (Å²) in [6.45, 7) is 5.12. The third kappa shape index (κ3) is 3.65. The van der Waals surface area contributed by atoms with Gasteiger partial charge in [0.05, 0.1) is 12.1 Å². The third-order valence-corrected chi connectivity index (χ3v) is 4.10. The van der Waals surface area contributed by atoms with Crippen molar-refractivity contribution in [1.29, 1.82) is 0 Å². The molecule has 1 aromatic carbocycles. The summed E-state index contributed by atoms with van der Waals surface area (Å²) in [6, 6.07) is 6.23. The van der Waals surface area contributed by atoms with Gasteiger partial charge in [0.15, 0.2) is 0 Å². The summed E-state index contributed by atoms with van der Waals surface area (Å²) in [7, 11) is 0. The summed E-state index contributed by atoms with van der Waals surface area (Å²) < 4.78 is 0. The second-order valence-corrected chi connectivity index (χ2v) is 5.58. The fourth-order valence-electron chi connectivity index (χ4n) is 3.03. The van der Waals surface area contributed by atoms with Gasteiger partial charge in [0.25, 0.3) is 5.91 Å². The van der Waals surface area contributed by atoms with Crippen molar-refractivity contribution in [1.82, 2.24) is 4.90 Å². The summed E-state index contributed by atoms with van der Waals surface area (Å²) in [5.41, 5.74) is 8.06. The summed E-state index contributed by atoms with van der Waals surface area (Å²) in [5, 5.41) is 0. The van der Waals surface area contributed by atoms with Gasteiger partial charge in [-0.3, -0.25) is 4.79 Å². The lowest BCUT2D eigenvalue weighted by molar-refractivity contribution is 0.0693. The van der Waals surface area contributed by atoms with Crippen molar-refractivity contribution in [3.63, 3.8) is 0 Å². The largest absolute Gasteiger partial charge is 0.336 e. The van der Waals surface area contributed by atoms with Gasteiger partial charge >= 0.3 is 0 Å². The highest BCUT2D eigenvalue weighted by molar-refractivity contribution is 5.97. The number of nitrogens with zero attached hydrogens (tertiary/aromatic N) is 1. The minimum Gasteiger partial charge on any atom is -0.336 e. The summed E-state index contributed by atoms with van der Waals surface area (Å²) in [6.07, 6.45) is 4.69. The predicted molar refractivity (Wildman–Crippen MR) is 86.1 cm³/mol. The smallest absolute Gasteiger partial charge is 0.255 e. The average Bonchev–Trinajstić information content (AvgIpc) is 3.00. The SMILES string of the molecule is CCN(C(=O)c1ccc(C)cc1C#CCN)C1CCCC1. The zero-order valence-electron chi connectivity index (χ0n) is 13.0.